The Bertz CT molecular complexity index is 677. The molecule has 2 aromatic rings. The van der Waals surface area contributed by atoms with Gasteiger partial charge in [0.25, 0.3) is 0 Å². The van der Waals surface area contributed by atoms with Crippen LogP contribution in [0.5, 0.6) is 5.75 Å². The summed E-state index contributed by atoms with van der Waals surface area (Å²) in [6, 6.07) is 6.61. The number of hydrogen-bond acceptors (Lipinski definition) is 6. The number of nitrogens with zero attached hydrogens (tertiary/aromatic N) is 4. The second kappa shape index (κ2) is 6.29. The summed E-state index contributed by atoms with van der Waals surface area (Å²) in [6.07, 6.45) is 1.04. The van der Waals surface area contributed by atoms with Crippen LogP contribution >= 0.6 is 0 Å². The lowest BCUT2D eigenvalue weighted by atomic mass is 10.1. The molecule has 6 heteroatoms. The summed E-state index contributed by atoms with van der Waals surface area (Å²) in [7, 11) is 0. The second-order valence-corrected chi connectivity index (χ2v) is 6.31. The Morgan fingerprint density at radius 1 is 1.04 bits per heavy atom. The summed E-state index contributed by atoms with van der Waals surface area (Å²) in [4.78, 5) is 4.88. The van der Waals surface area contributed by atoms with E-state index in [1.165, 1.54) is 11.1 Å². The van der Waals surface area contributed by atoms with Crippen LogP contribution in [0, 0.1) is 6.92 Å². The van der Waals surface area contributed by atoms with Gasteiger partial charge in [-0.3, -0.25) is 9.80 Å². The Morgan fingerprint density at radius 3 is 2.57 bits per heavy atom. The van der Waals surface area contributed by atoms with E-state index >= 15 is 0 Å². The van der Waals surface area contributed by atoms with E-state index in [-0.39, 0.29) is 0 Å². The summed E-state index contributed by atoms with van der Waals surface area (Å²) in [5.74, 6) is 2.42. The largest absolute Gasteiger partial charge is 0.493 e. The van der Waals surface area contributed by atoms with Crippen LogP contribution in [0.2, 0.25) is 0 Å². The van der Waals surface area contributed by atoms with Crippen LogP contribution in [-0.4, -0.2) is 52.8 Å². The zero-order chi connectivity index (χ0) is 15.6. The SMILES string of the molecule is Cc1nnc(CN2CCN(Cc3ccc4c(c3)CCO4)CC2)o1. The Hall–Kier alpha value is -1.92. The highest BCUT2D eigenvalue weighted by atomic mass is 16.5. The average Bonchev–Trinajstić information content (AvgIpc) is 3.17. The lowest BCUT2D eigenvalue weighted by molar-refractivity contribution is 0.114. The molecule has 122 valence electrons. The monoisotopic (exact) mass is 314 g/mol. The summed E-state index contributed by atoms with van der Waals surface area (Å²) < 4.78 is 11.0. The molecular weight excluding hydrogens is 292 g/mol. The highest BCUT2D eigenvalue weighted by molar-refractivity contribution is 5.39. The molecule has 1 aromatic heterocycles. The van der Waals surface area contributed by atoms with Crippen molar-refractivity contribution in [3.8, 4) is 5.75 Å². The minimum atomic E-state index is 0.638. The molecule has 0 N–H and O–H groups in total. The first kappa shape index (κ1) is 14.7. The van der Waals surface area contributed by atoms with Crippen LogP contribution in [0.15, 0.2) is 22.6 Å². The number of benzene rings is 1. The summed E-state index contributed by atoms with van der Waals surface area (Å²) in [6.45, 7) is 8.64. The van der Waals surface area contributed by atoms with E-state index in [0.29, 0.717) is 5.89 Å². The molecule has 0 spiro atoms. The molecular formula is C17H22N4O2. The molecule has 0 saturated carbocycles. The van der Waals surface area contributed by atoms with Crippen molar-refractivity contribution in [3.05, 3.63) is 41.1 Å². The van der Waals surface area contributed by atoms with Crippen LogP contribution in [-0.2, 0) is 19.5 Å². The van der Waals surface area contributed by atoms with Gasteiger partial charge in [-0.2, -0.15) is 0 Å². The number of rotatable bonds is 4. The third kappa shape index (κ3) is 3.38. The van der Waals surface area contributed by atoms with Crippen molar-refractivity contribution in [2.24, 2.45) is 0 Å². The van der Waals surface area contributed by atoms with Gasteiger partial charge >= 0.3 is 0 Å². The van der Waals surface area contributed by atoms with Crippen LogP contribution in [0.4, 0.5) is 0 Å². The summed E-state index contributed by atoms with van der Waals surface area (Å²) >= 11 is 0. The lowest BCUT2D eigenvalue weighted by Crippen LogP contribution is -2.45. The number of fused-ring (bicyclic) bond motifs is 1. The Balaban J connectivity index is 1.29. The maximum absolute atomic E-state index is 5.58. The van der Waals surface area contributed by atoms with Crippen molar-refractivity contribution >= 4 is 0 Å². The van der Waals surface area contributed by atoms with Gasteiger partial charge in [-0.15, -0.1) is 10.2 Å². The maximum Gasteiger partial charge on any atom is 0.230 e. The van der Waals surface area contributed by atoms with Crippen molar-refractivity contribution in [2.45, 2.75) is 26.4 Å². The maximum atomic E-state index is 5.58. The number of ether oxygens (including phenoxy) is 1. The molecule has 2 aliphatic rings. The summed E-state index contributed by atoms with van der Waals surface area (Å²) in [5, 5.41) is 7.96. The van der Waals surface area contributed by atoms with Gasteiger partial charge < -0.3 is 9.15 Å². The van der Waals surface area contributed by atoms with Gasteiger partial charge in [0.2, 0.25) is 11.8 Å². The van der Waals surface area contributed by atoms with Gasteiger partial charge in [0.05, 0.1) is 13.2 Å². The first-order chi connectivity index (χ1) is 11.3. The molecule has 0 aliphatic carbocycles. The molecule has 0 atom stereocenters. The first-order valence-electron chi connectivity index (χ1n) is 8.24. The third-order valence-electron chi connectivity index (χ3n) is 4.55. The van der Waals surface area contributed by atoms with Crippen LogP contribution in [0.25, 0.3) is 0 Å². The van der Waals surface area contributed by atoms with Gasteiger partial charge in [0.1, 0.15) is 5.75 Å². The van der Waals surface area contributed by atoms with E-state index < -0.39 is 0 Å². The molecule has 3 heterocycles. The zero-order valence-electron chi connectivity index (χ0n) is 13.5. The fourth-order valence-electron chi connectivity index (χ4n) is 3.29. The second-order valence-electron chi connectivity index (χ2n) is 6.31. The van der Waals surface area contributed by atoms with E-state index in [4.69, 9.17) is 9.15 Å². The van der Waals surface area contributed by atoms with Gasteiger partial charge in [-0.05, 0) is 17.2 Å². The fraction of sp³-hybridized carbons (Fsp3) is 0.529. The van der Waals surface area contributed by atoms with Gasteiger partial charge in [0, 0.05) is 46.1 Å². The van der Waals surface area contributed by atoms with Gasteiger partial charge in [0.15, 0.2) is 0 Å². The minimum Gasteiger partial charge on any atom is -0.493 e. The molecule has 1 aromatic carbocycles. The minimum absolute atomic E-state index is 0.638. The molecule has 0 unspecified atom stereocenters. The fourth-order valence-corrected chi connectivity index (χ4v) is 3.29. The van der Waals surface area contributed by atoms with Crippen molar-refractivity contribution in [1.82, 2.24) is 20.0 Å². The Morgan fingerprint density at radius 2 is 1.83 bits per heavy atom. The first-order valence-corrected chi connectivity index (χ1v) is 8.24. The zero-order valence-corrected chi connectivity index (χ0v) is 13.5. The molecule has 6 nitrogen and oxygen atoms in total. The predicted octanol–water partition coefficient (Wildman–Crippen LogP) is 1.63. The lowest BCUT2D eigenvalue weighted by Gasteiger charge is -2.34. The molecule has 1 saturated heterocycles. The Labute approximate surface area is 136 Å². The number of hydrogen-bond donors (Lipinski definition) is 0. The smallest absolute Gasteiger partial charge is 0.230 e. The highest BCUT2D eigenvalue weighted by Gasteiger charge is 2.20. The van der Waals surface area contributed by atoms with Crippen molar-refractivity contribution in [2.75, 3.05) is 32.8 Å². The number of aryl methyl sites for hydroxylation is 1. The average molecular weight is 314 g/mol. The van der Waals surface area contributed by atoms with Crippen molar-refractivity contribution < 1.29 is 9.15 Å². The standard InChI is InChI=1S/C17H22N4O2/c1-13-18-19-17(23-13)12-21-7-5-20(6-8-21)11-14-2-3-16-15(10-14)4-9-22-16/h2-3,10H,4-9,11-12H2,1H3. The normalized spacial score (nSPS) is 18.8. The van der Waals surface area contributed by atoms with E-state index in [9.17, 15) is 0 Å². The number of aromatic nitrogens is 2. The van der Waals surface area contributed by atoms with E-state index in [1.54, 1.807) is 0 Å². The quantitative estimate of drug-likeness (QED) is 0.855. The molecule has 0 radical (unpaired) electrons. The van der Waals surface area contributed by atoms with Crippen LogP contribution in [0.1, 0.15) is 22.9 Å². The third-order valence-corrected chi connectivity index (χ3v) is 4.55. The van der Waals surface area contributed by atoms with Crippen molar-refractivity contribution in [3.63, 3.8) is 0 Å². The van der Waals surface area contributed by atoms with Gasteiger partial charge in [-0.25, -0.2) is 0 Å². The number of piperazine rings is 1. The summed E-state index contributed by atoms with van der Waals surface area (Å²) in [5.41, 5.74) is 2.74. The topological polar surface area (TPSA) is 54.6 Å². The van der Waals surface area contributed by atoms with Crippen molar-refractivity contribution in [1.29, 1.82) is 0 Å². The predicted molar refractivity (Wildman–Crippen MR) is 85.2 cm³/mol. The van der Waals surface area contributed by atoms with Crippen LogP contribution < -0.4 is 4.74 Å². The molecule has 0 bridgehead atoms. The molecule has 0 amide bonds. The van der Waals surface area contributed by atoms with E-state index in [2.05, 4.69) is 38.2 Å². The van der Waals surface area contributed by atoms with Gasteiger partial charge in [-0.1, -0.05) is 12.1 Å². The Kier molecular flexibility index (Phi) is 4.01. The van der Waals surface area contributed by atoms with E-state index in [0.717, 1.165) is 63.9 Å². The van der Waals surface area contributed by atoms with Crippen LogP contribution in [0.3, 0.4) is 0 Å². The molecule has 23 heavy (non-hydrogen) atoms. The molecule has 4 rings (SSSR count). The highest BCUT2D eigenvalue weighted by Crippen LogP contribution is 2.26. The molecule has 1 fully saturated rings. The van der Waals surface area contributed by atoms with E-state index in [1.807, 2.05) is 6.92 Å². The molecule has 2 aliphatic heterocycles.